The van der Waals surface area contributed by atoms with E-state index in [9.17, 15) is 18.0 Å². The van der Waals surface area contributed by atoms with Crippen molar-refractivity contribution in [3.63, 3.8) is 0 Å². The van der Waals surface area contributed by atoms with E-state index in [2.05, 4.69) is 4.98 Å². The molecule has 0 unspecified atom stereocenters. The van der Waals surface area contributed by atoms with Crippen LogP contribution in [-0.4, -0.2) is 9.38 Å². The average Bonchev–Trinajstić information content (AvgIpc) is 2.47. The minimum Gasteiger partial charge on any atom is -0.307 e. The quantitative estimate of drug-likeness (QED) is 0.677. The maximum atomic E-state index is 12.9. The van der Waals surface area contributed by atoms with E-state index in [1.807, 2.05) is 0 Å². The Morgan fingerprint density at radius 3 is 2.55 bits per heavy atom. The number of nitrogens with zero attached hydrogens (tertiary/aromatic N) is 2. The van der Waals surface area contributed by atoms with E-state index in [4.69, 9.17) is 11.6 Å². The lowest BCUT2D eigenvalue weighted by atomic mass is 10.1. The van der Waals surface area contributed by atoms with Gasteiger partial charge in [0.15, 0.2) is 0 Å². The Morgan fingerprint density at radius 2 is 1.86 bits per heavy atom. The van der Waals surface area contributed by atoms with Gasteiger partial charge in [-0.15, -0.1) is 0 Å². The second-order valence-electron chi connectivity index (χ2n) is 4.61. The number of hydrogen-bond donors (Lipinski definition) is 0. The van der Waals surface area contributed by atoms with Crippen LogP contribution in [0.2, 0.25) is 5.02 Å². The van der Waals surface area contributed by atoms with Gasteiger partial charge in [0.1, 0.15) is 6.33 Å². The Kier molecular flexibility index (Phi) is 3.41. The maximum absolute atomic E-state index is 12.9. The summed E-state index contributed by atoms with van der Waals surface area (Å²) in [5, 5.41) is 0.270. The Morgan fingerprint density at radius 1 is 1.14 bits per heavy atom. The summed E-state index contributed by atoms with van der Waals surface area (Å²) in [7, 11) is 0. The van der Waals surface area contributed by atoms with Gasteiger partial charge >= 0.3 is 6.18 Å². The average molecular weight is 325 g/mol. The van der Waals surface area contributed by atoms with Crippen LogP contribution in [0.4, 0.5) is 13.2 Å². The summed E-state index contributed by atoms with van der Waals surface area (Å²) in [4.78, 5) is 15.8. The molecule has 0 atom stereocenters. The van der Waals surface area contributed by atoms with Gasteiger partial charge < -0.3 is 4.40 Å². The number of pyridine rings is 1. The van der Waals surface area contributed by atoms with Crippen LogP contribution >= 0.6 is 11.6 Å². The monoisotopic (exact) mass is 324 g/mol. The highest BCUT2D eigenvalue weighted by Gasteiger charge is 2.31. The van der Waals surface area contributed by atoms with Gasteiger partial charge in [0.2, 0.25) is 0 Å². The lowest BCUT2D eigenvalue weighted by Crippen LogP contribution is -2.14. The van der Waals surface area contributed by atoms with E-state index in [0.29, 0.717) is 5.56 Å². The van der Waals surface area contributed by atoms with Gasteiger partial charge in [0.25, 0.3) is 5.56 Å². The largest absolute Gasteiger partial charge is 0.416 e. The van der Waals surface area contributed by atoms with Crippen molar-refractivity contribution in [1.82, 2.24) is 9.38 Å². The van der Waals surface area contributed by atoms with Crippen LogP contribution in [0.5, 0.6) is 0 Å². The van der Waals surface area contributed by atoms with E-state index in [0.717, 1.165) is 12.1 Å². The molecule has 0 aliphatic heterocycles. The molecule has 0 bridgehead atoms. The summed E-state index contributed by atoms with van der Waals surface area (Å²) in [6.07, 6.45) is -2.11. The van der Waals surface area contributed by atoms with E-state index >= 15 is 0 Å². The number of rotatable bonds is 1. The van der Waals surface area contributed by atoms with E-state index in [1.54, 1.807) is 24.3 Å². The summed E-state index contributed by atoms with van der Waals surface area (Å²) >= 11 is 6.06. The third-order valence-electron chi connectivity index (χ3n) is 3.23. The van der Waals surface area contributed by atoms with Gasteiger partial charge in [0.05, 0.1) is 16.6 Å². The first-order chi connectivity index (χ1) is 10.4. The van der Waals surface area contributed by atoms with Crippen LogP contribution in [0.1, 0.15) is 5.56 Å². The van der Waals surface area contributed by atoms with Gasteiger partial charge in [-0.2, -0.15) is 18.2 Å². The molecule has 0 aliphatic rings. The first kappa shape index (κ1) is 14.6. The number of alkyl halides is 3. The second-order valence-corrected chi connectivity index (χ2v) is 5.02. The van der Waals surface area contributed by atoms with Crippen molar-refractivity contribution < 1.29 is 13.2 Å². The summed E-state index contributed by atoms with van der Waals surface area (Å²) in [5.74, 6) is 0. The zero-order chi connectivity index (χ0) is 15.9. The third-order valence-corrected chi connectivity index (χ3v) is 3.55. The highest BCUT2D eigenvalue weighted by Crippen LogP contribution is 2.33. The number of fused-ring (bicyclic) bond motifs is 1. The Bertz CT molecular complexity index is 919. The normalized spacial score (nSPS) is 11.8. The van der Waals surface area contributed by atoms with Crippen molar-refractivity contribution in [2.24, 2.45) is 0 Å². The molecule has 2 heterocycles. The molecule has 0 aliphatic carbocycles. The molecule has 112 valence electrons. The van der Waals surface area contributed by atoms with Crippen LogP contribution in [0, 0.1) is 0 Å². The standard InChI is InChI=1S/C15H8ClF3N2O/c16-11-4-2-1-3-10(11)13-12-7-9(15(17,18)19)5-6-21(12)8-20-14(13)22/h1-8H. The number of benzene rings is 1. The molecule has 0 saturated carbocycles. The van der Waals surface area contributed by atoms with Crippen LogP contribution < -0.4 is 5.56 Å². The lowest BCUT2D eigenvalue weighted by Gasteiger charge is -2.12. The highest BCUT2D eigenvalue weighted by molar-refractivity contribution is 6.33. The van der Waals surface area contributed by atoms with Crippen molar-refractivity contribution in [2.45, 2.75) is 6.18 Å². The lowest BCUT2D eigenvalue weighted by molar-refractivity contribution is -0.137. The van der Waals surface area contributed by atoms with Gasteiger partial charge in [-0.1, -0.05) is 29.8 Å². The SMILES string of the molecule is O=c1ncn2ccc(C(F)(F)F)cc2c1-c1ccccc1Cl. The number of halogens is 4. The van der Waals surface area contributed by atoms with Crippen molar-refractivity contribution in [1.29, 1.82) is 0 Å². The van der Waals surface area contributed by atoms with Gasteiger partial charge in [-0.05, 0) is 18.2 Å². The van der Waals surface area contributed by atoms with E-state index < -0.39 is 17.3 Å². The van der Waals surface area contributed by atoms with Crippen LogP contribution in [0.25, 0.3) is 16.6 Å². The van der Waals surface area contributed by atoms with Crippen molar-refractivity contribution >= 4 is 17.1 Å². The molecule has 0 saturated heterocycles. The predicted molar refractivity (Wildman–Crippen MR) is 76.9 cm³/mol. The summed E-state index contributed by atoms with van der Waals surface area (Å²) in [5.41, 5.74) is -0.986. The zero-order valence-corrected chi connectivity index (χ0v) is 11.7. The van der Waals surface area contributed by atoms with Crippen LogP contribution in [0.15, 0.2) is 53.7 Å². The second kappa shape index (κ2) is 5.14. The molecule has 22 heavy (non-hydrogen) atoms. The Hall–Kier alpha value is -2.34. The number of aromatic nitrogens is 2. The molecule has 0 radical (unpaired) electrons. The van der Waals surface area contributed by atoms with E-state index in [-0.39, 0.29) is 16.1 Å². The molecular weight excluding hydrogens is 317 g/mol. The molecule has 0 N–H and O–H groups in total. The molecule has 1 aromatic carbocycles. The van der Waals surface area contributed by atoms with E-state index in [1.165, 1.54) is 16.9 Å². The van der Waals surface area contributed by atoms with Crippen molar-refractivity contribution in [3.05, 3.63) is 69.9 Å². The zero-order valence-electron chi connectivity index (χ0n) is 10.9. The minimum absolute atomic E-state index is 0.0409. The topological polar surface area (TPSA) is 34.4 Å². The molecule has 2 aromatic heterocycles. The first-order valence-electron chi connectivity index (χ1n) is 6.21. The summed E-state index contributed by atoms with van der Waals surface area (Å²) in [6, 6.07) is 8.30. The van der Waals surface area contributed by atoms with Crippen molar-refractivity contribution in [3.8, 4) is 11.1 Å². The smallest absolute Gasteiger partial charge is 0.307 e. The fourth-order valence-electron chi connectivity index (χ4n) is 2.20. The third kappa shape index (κ3) is 2.46. The minimum atomic E-state index is -4.50. The first-order valence-corrected chi connectivity index (χ1v) is 6.59. The Labute approximate surface area is 127 Å². The van der Waals surface area contributed by atoms with Gasteiger partial charge in [-0.3, -0.25) is 4.79 Å². The molecule has 0 spiro atoms. The molecule has 0 amide bonds. The van der Waals surface area contributed by atoms with Crippen molar-refractivity contribution in [2.75, 3.05) is 0 Å². The Balaban J connectivity index is 2.40. The molecule has 7 heteroatoms. The molecule has 3 rings (SSSR count). The van der Waals surface area contributed by atoms with Crippen LogP contribution in [-0.2, 0) is 6.18 Å². The number of hydrogen-bond acceptors (Lipinski definition) is 2. The van der Waals surface area contributed by atoms with Gasteiger partial charge in [0, 0.05) is 16.8 Å². The molecular formula is C15H8ClF3N2O. The van der Waals surface area contributed by atoms with Crippen LogP contribution in [0.3, 0.4) is 0 Å². The molecule has 3 aromatic rings. The maximum Gasteiger partial charge on any atom is 0.416 e. The highest BCUT2D eigenvalue weighted by atomic mass is 35.5. The summed E-state index contributed by atoms with van der Waals surface area (Å²) < 4.78 is 40.1. The fourth-order valence-corrected chi connectivity index (χ4v) is 2.43. The summed E-state index contributed by atoms with van der Waals surface area (Å²) in [6.45, 7) is 0. The fraction of sp³-hybridized carbons (Fsp3) is 0.0667. The predicted octanol–water partition coefficient (Wildman–Crippen LogP) is 4.03. The molecule has 0 fully saturated rings. The molecule has 3 nitrogen and oxygen atoms in total. The van der Waals surface area contributed by atoms with Gasteiger partial charge in [-0.25, -0.2) is 0 Å².